The Hall–Kier alpha value is -1.32. The lowest BCUT2D eigenvalue weighted by atomic mass is 10.0. The summed E-state index contributed by atoms with van der Waals surface area (Å²) in [4.78, 5) is 8.15. The van der Waals surface area contributed by atoms with Gasteiger partial charge in [0.25, 0.3) is 0 Å². The molecule has 3 N–H and O–H groups in total. The summed E-state index contributed by atoms with van der Waals surface area (Å²) < 4.78 is 0. The van der Waals surface area contributed by atoms with Crippen LogP contribution in [0.1, 0.15) is 37.7 Å². The fraction of sp³-hybridized carbons (Fsp3) is 0.667. The summed E-state index contributed by atoms with van der Waals surface area (Å²) in [6, 6.07) is 0. The molecule has 1 aliphatic rings. The number of hydrogen-bond donors (Lipinski definition) is 2. The van der Waals surface area contributed by atoms with E-state index in [1.807, 2.05) is 6.92 Å². The van der Waals surface area contributed by atoms with Gasteiger partial charge in [0.1, 0.15) is 18.0 Å². The predicted molar refractivity (Wildman–Crippen MR) is 66.2 cm³/mol. The van der Waals surface area contributed by atoms with E-state index in [2.05, 4.69) is 15.3 Å². The standard InChI is InChI=1S/C12H20N4/c1-9-11(13)15-8-16-12(9)14-7-6-10-4-2-3-5-10/h8,10H,2-7H2,1H3,(H3,13,14,15,16). The van der Waals surface area contributed by atoms with Crippen molar-refractivity contribution in [3.05, 3.63) is 11.9 Å². The van der Waals surface area contributed by atoms with E-state index in [9.17, 15) is 0 Å². The summed E-state index contributed by atoms with van der Waals surface area (Å²) in [5.41, 5.74) is 6.68. The summed E-state index contributed by atoms with van der Waals surface area (Å²) in [6.07, 6.45) is 8.36. The molecule has 0 spiro atoms. The zero-order valence-electron chi connectivity index (χ0n) is 9.87. The Morgan fingerprint density at radius 3 is 2.88 bits per heavy atom. The van der Waals surface area contributed by atoms with Gasteiger partial charge >= 0.3 is 0 Å². The lowest BCUT2D eigenvalue weighted by molar-refractivity contribution is 0.518. The number of nitrogens with zero attached hydrogens (tertiary/aromatic N) is 2. The lowest BCUT2D eigenvalue weighted by Gasteiger charge is -2.12. The zero-order chi connectivity index (χ0) is 11.4. The number of hydrogen-bond acceptors (Lipinski definition) is 4. The second-order valence-electron chi connectivity index (χ2n) is 4.60. The molecule has 0 amide bonds. The molecule has 1 fully saturated rings. The first-order valence-electron chi connectivity index (χ1n) is 6.08. The van der Waals surface area contributed by atoms with Crippen molar-refractivity contribution in [2.75, 3.05) is 17.6 Å². The first kappa shape index (κ1) is 11.2. The summed E-state index contributed by atoms with van der Waals surface area (Å²) in [7, 11) is 0. The molecule has 1 aliphatic carbocycles. The highest BCUT2D eigenvalue weighted by atomic mass is 15.0. The number of nitrogens with two attached hydrogens (primary N) is 1. The Labute approximate surface area is 96.7 Å². The summed E-state index contributed by atoms with van der Waals surface area (Å²) in [6.45, 7) is 2.94. The highest BCUT2D eigenvalue weighted by molar-refractivity contribution is 5.53. The average molecular weight is 220 g/mol. The molecule has 2 rings (SSSR count). The van der Waals surface area contributed by atoms with Crippen LogP contribution in [0, 0.1) is 12.8 Å². The number of nitrogens with one attached hydrogen (secondary N) is 1. The van der Waals surface area contributed by atoms with Crippen LogP contribution in [0.25, 0.3) is 0 Å². The monoisotopic (exact) mass is 220 g/mol. The smallest absolute Gasteiger partial charge is 0.134 e. The summed E-state index contributed by atoms with van der Waals surface area (Å²) in [5.74, 6) is 2.36. The Morgan fingerprint density at radius 1 is 1.38 bits per heavy atom. The zero-order valence-corrected chi connectivity index (χ0v) is 9.87. The molecule has 0 bridgehead atoms. The van der Waals surface area contributed by atoms with Gasteiger partial charge in [-0.2, -0.15) is 0 Å². The lowest BCUT2D eigenvalue weighted by Crippen LogP contribution is -2.10. The van der Waals surface area contributed by atoms with Crippen molar-refractivity contribution in [3.63, 3.8) is 0 Å². The Bertz CT molecular complexity index is 345. The molecule has 4 heteroatoms. The van der Waals surface area contributed by atoms with Crippen molar-refractivity contribution in [2.24, 2.45) is 5.92 Å². The number of rotatable bonds is 4. The van der Waals surface area contributed by atoms with Crippen LogP contribution in [-0.4, -0.2) is 16.5 Å². The van der Waals surface area contributed by atoms with Gasteiger partial charge in [-0.3, -0.25) is 0 Å². The van der Waals surface area contributed by atoms with Gasteiger partial charge in [0.05, 0.1) is 0 Å². The molecule has 88 valence electrons. The Balaban J connectivity index is 1.82. The molecule has 0 radical (unpaired) electrons. The van der Waals surface area contributed by atoms with Crippen LogP contribution >= 0.6 is 0 Å². The first-order valence-corrected chi connectivity index (χ1v) is 6.08. The van der Waals surface area contributed by atoms with Gasteiger partial charge < -0.3 is 11.1 Å². The molecular weight excluding hydrogens is 200 g/mol. The Morgan fingerprint density at radius 2 is 2.12 bits per heavy atom. The largest absolute Gasteiger partial charge is 0.383 e. The highest BCUT2D eigenvalue weighted by Gasteiger charge is 2.14. The molecule has 1 aromatic heterocycles. The van der Waals surface area contributed by atoms with Crippen molar-refractivity contribution >= 4 is 11.6 Å². The maximum Gasteiger partial charge on any atom is 0.134 e. The first-order chi connectivity index (χ1) is 7.77. The van der Waals surface area contributed by atoms with E-state index in [1.165, 1.54) is 38.4 Å². The van der Waals surface area contributed by atoms with Gasteiger partial charge in [0.2, 0.25) is 0 Å². The van der Waals surface area contributed by atoms with Crippen LogP contribution in [-0.2, 0) is 0 Å². The normalized spacial score (nSPS) is 16.6. The highest BCUT2D eigenvalue weighted by Crippen LogP contribution is 2.27. The maximum atomic E-state index is 5.72. The molecule has 0 aromatic carbocycles. The molecular formula is C12H20N4. The fourth-order valence-corrected chi connectivity index (χ4v) is 2.34. The molecule has 1 heterocycles. The molecule has 1 saturated carbocycles. The van der Waals surface area contributed by atoms with Crippen molar-refractivity contribution in [1.82, 2.24) is 9.97 Å². The molecule has 16 heavy (non-hydrogen) atoms. The van der Waals surface area contributed by atoms with E-state index < -0.39 is 0 Å². The minimum atomic E-state index is 0.568. The summed E-state index contributed by atoms with van der Waals surface area (Å²) in [5, 5.41) is 3.35. The molecule has 0 aliphatic heterocycles. The fourth-order valence-electron chi connectivity index (χ4n) is 2.34. The maximum absolute atomic E-state index is 5.72. The number of nitrogen functional groups attached to an aromatic ring is 1. The van der Waals surface area contributed by atoms with Gasteiger partial charge in [-0.1, -0.05) is 25.7 Å². The van der Waals surface area contributed by atoms with Crippen molar-refractivity contribution in [3.8, 4) is 0 Å². The van der Waals surface area contributed by atoms with Crippen LogP contribution in [0.4, 0.5) is 11.6 Å². The molecule has 0 atom stereocenters. The second-order valence-corrected chi connectivity index (χ2v) is 4.60. The minimum absolute atomic E-state index is 0.568. The third-order valence-electron chi connectivity index (χ3n) is 3.44. The average Bonchev–Trinajstić information content (AvgIpc) is 2.77. The van der Waals surface area contributed by atoms with Crippen molar-refractivity contribution < 1.29 is 0 Å². The van der Waals surface area contributed by atoms with E-state index in [1.54, 1.807) is 0 Å². The van der Waals surface area contributed by atoms with Gasteiger partial charge in [0, 0.05) is 12.1 Å². The van der Waals surface area contributed by atoms with E-state index in [-0.39, 0.29) is 0 Å². The van der Waals surface area contributed by atoms with E-state index >= 15 is 0 Å². The number of anilines is 2. The molecule has 4 nitrogen and oxygen atoms in total. The van der Waals surface area contributed by atoms with Crippen LogP contribution < -0.4 is 11.1 Å². The van der Waals surface area contributed by atoms with Crippen molar-refractivity contribution in [2.45, 2.75) is 39.0 Å². The Kier molecular flexibility index (Phi) is 3.59. The van der Waals surface area contributed by atoms with Gasteiger partial charge in [-0.05, 0) is 19.3 Å². The van der Waals surface area contributed by atoms with E-state index in [0.29, 0.717) is 5.82 Å². The second kappa shape index (κ2) is 5.14. The minimum Gasteiger partial charge on any atom is -0.383 e. The third kappa shape index (κ3) is 2.62. The molecule has 0 saturated heterocycles. The van der Waals surface area contributed by atoms with Crippen LogP contribution in [0.2, 0.25) is 0 Å². The SMILES string of the molecule is Cc1c(N)ncnc1NCCC1CCCC1. The van der Waals surface area contributed by atoms with Gasteiger partial charge in [-0.25, -0.2) is 9.97 Å². The number of aromatic nitrogens is 2. The predicted octanol–water partition coefficient (Wildman–Crippen LogP) is 2.36. The van der Waals surface area contributed by atoms with Gasteiger partial charge in [-0.15, -0.1) is 0 Å². The quantitative estimate of drug-likeness (QED) is 0.817. The van der Waals surface area contributed by atoms with Crippen LogP contribution in [0.3, 0.4) is 0 Å². The molecule has 1 aromatic rings. The third-order valence-corrected chi connectivity index (χ3v) is 3.44. The van der Waals surface area contributed by atoms with Crippen LogP contribution in [0.15, 0.2) is 6.33 Å². The van der Waals surface area contributed by atoms with E-state index in [4.69, 9.17) is 5.73 Å². The molecule has 0 unspecified atom stereocenters. The van der Waals surface area contributed by atoms with Gasteiger partial charge in [0.15, 0.2) is 0 Å². The topological polar surface area (TPSA) is 63.8 Å². The summed E-state index contributed by atoms with van der Waals surface area (Å²) >= 11 is 0. The van der Waals surface area contributed by atoms with E-state index in [0.717, 1.165) is 23.8 Å². The van der Waals surface area contributed by atoms with Crippen LogP contribution in [0.5, 0.6) is 0 Å². The van der Waals surface area contributed by atoms with Crippen molar-refractivity contribution in [1.29, 1.82) is 0 Å².